The number of anilines is 1. The van der Waals surface area contributed by atoms with E-state index in [2.05, 4.69) is 10.6 Å². The van der Waals surface area contributed by atoms with Crippen molar-refractivity contribution in [2.75, 3.05) is 18.5 Å². The zero-order valence-electron chi connectivity index (χ0n) is 13.3. The Kier molecular flexibility index (Phi) is 4.13. The molecule has 0 bridgehead atoms. The first-order valence-corrected chi connectivity index (χ1v) is 8.76. The van der Waals surface area contributed by atoms with Gasteiger partial charge >= 0.3 is 6.03 Å². The van der Waals surface area contributed by atoms with Crippen molar-refractivity contribution < 1.29 is 14.3 Å². The molecular formula is C18H16Cl2N2O3. The van der Waals surface area contributed by atoms with Crippen molar-refractivity contribution in [2.45, 2.75) is 18.4 Å². The van der Waals surface area contributed by atoms with Crippen LogP contribution in [0.15, 0.2) is 36.4 Å². The lowest BCUT2D eigenvalue weighted by Gasteiger charge is -2.23. The lowest BCUT2D eigenvalue weighted by atomic mass is 10.0. The van der Waals surface area contributed by atoms with E-state index >= 15 is 0 Å². The molecule has 130 valence electrons. The molecule has 0 unspecified atom stereocenters. The van der Waals surface area contributed by atoms with Crippen LogP contribution >= 0.6 is 23.2 Å². The monoisotopic (exact) mass is 378 g/mol. The quantitative estimate of drug-likeness (QED) is 0.821. The number of rotatable bonds is 3. The number of hydrogen-bond acceptors (Lipinski definition) is 3. The summed E-state index contributed by atoms with van der Waals surface area (Å²) in [6, 6.07) is 10.4. The average molecular weight is 379 g/mol. The third-order valence-corrected chi connectivity index (χ3v) is 4.92. The summed E-state index contributed by atoms with van der Waals surface area (Å²) < 4.78 is 11.2. The van der Waals surface area contributed by atoms with E-state index < -0.39 is 0 Å². The molecule has 2 aliphatic rings. The third-order valence-electron chi connectivity index (χ3n) is 4.38. The van der Waals surface area contributed by atoms with Gasteiger partial charge in [0.15, 0.2) is 11.5 Å². The second-order valence-electron chi connectivity index (χ2n) is 6.14. The van der Waals surface area contributed by atoms with E-state index in [0.717, 1.165) is 29.9 Å². The van der Waals surface area contributed by atoms with Crippen molar-refractivity contribution in [3.63, 3.8) is 0 Å². The second kappa shape index (κ2) is 6.32. The van der Waals surface area contributed by atoms with Crippen LogP contribution in [-0.2, 0) is 5.54 Å². The molecule has 0 radical (unpaired) electrons. The van der Waals surface area contributed by atoms with Crippen LogP contribution in [0.3, 0.4) is 0 Å². The van der Waals surface area contributed by atoms with Gasteiger partial charge in [-0.05, 0) is 48.7 Å². The maximum atomic E-state index is 12.4. The molecule has 7 heteroatoms. The number of fused-ring (bicyclic) bond motifs is 1. The molecule has 4 rings (SSSR count). The molecule has 0 saturated heterocycles. The van der Waals surface area contributed by atoms with Gasteiger partial charge < -0.3 is 20.1 Å². The summed E-state index contributed by atoms with van der Waals surface area (Å²) >= 11 is 12.0. The van der Waals surface area contributed by atoms with Gasteiger partial charge in [-0.2, -0.15) is 0 Å². The smallest absolute Gasteiger partial charge is 0.319 e. The van der Waals surface area contributed by atoms with Crippen LogP contribution in [0.1, 0.15) is 18.4 Å². The van der Waals surface area contributed by atoms with Crippen LogP contribution in [0.4, 0.5) is 10.5 Å². The summed E-state index contributed by atoms with van der Waals surface area (Å²) in [7, 11) is 0. The molecule has 2 amide bonds. The zero-order valence-corrected chi connectivity index (χ0v) is 14.8. The van der Waals surface area contributed by atoms with E-state index in [4.69, 9.17) is 32.7 Å². The van der Waals surface area contributed by atoms with Crippen LogP contribution in [0.5, 0.6) is 11.5 Å². The van der Waals surface area contributed by atoms with Gasteiger partial charge in [0.1, 0.15) is 13.2 Å². The first-order valence-electron chi connectivity index (χ1n) is 8.00. The highest BCUT2D eigenvalue weighted by atomic mass is 35.5. The fraction of sp³-hybridized carbons (Fsp3) is 0.278. The van der Waals surface area contributed by atoms with Gasteiger partial charge in [0.2, 0.25) is 0 Å². The Labute approximate surface area is 155 Å². The second-order valence-corrected chi connectivity index (χ2v) is 6.99. The van der Waals surface area contributed by atoms with Crippen molar-refractivity contribution in [1.82, 2.24) is 5.32 Å². The maximum Gasteiger partial charge on any atom is 0.319 e. The number of hydrogen-bond donors (Lipinski definition) is 2. The summed E-state index contributed by atoms with van der Waals surface area (Å²) in [5, 5.41) is 6.73. The van der Waals surface area contributed by atoms with E-state index in [9.17, 15) is 4.79 Å². The summed E-state index contributed by atoms with van der Waals surface area (Å²) in [6.07, 6.45) is 1.74. The molecular weight excluding hydrogens is 363 g/mol. The number of ether oxygens (including phenoxy) is 2. The van der Waals surface area contributed by atoms with E-state index in [-0.39, 0.29) is 11.6 Å². The summed E-state index contributed by atoms with van der Waals surface area (Å²) in [5.41, 5.74) is 1.15. The lowest BCUT2D eigenvalue weighted by Crippen LogP contribution is -2.38. The van der Waals surface area contributed by atoms with Crippen molar-refractivity contribution in [3.05, 3.63) is 52.0 Å². The maximum absolute atomic E-state index is 12.4. The van der Waals surface area contributed by atoms with Crippen molar-refractivity contribution in [2.24, 2.45) is 0 Å². The van der Waals surface area contributed by atoms with Gasteiger partial charge in [0.25, 0.3) is 0 Å². The minimum Gasteiger partial charge on any atom is -0.486 e. The summed E-state index contributed by atoms with van der Waals surface area (Å²) in [5.74, 6) is 1.46. The van der Waals surface area contributed by atoms with E-state index in [1.165, 1.54) is 0 Å². The van der Waals surface area contributed by atoms with Crippen LogP contribution in [0.2, 0.25) is 10.0 Å². The summed E-state index contributed by atoms with van der Waals surface area (Å²) in [6.45, 7) is 1.09. The topological polar surface area (TPSA) is 59.6 Å². The molecule has 2 N–H and O–H groups in total. The van der Waals surface area contributed by atoms with Gasteiger partial charge in [0.05, 0.1) is 16.2 Å². The molecule has 1 saturated carbocycles. The molecule has 1 aliphatic carbocycles. The highest BCUT2D eigenvalue weighted by Gasteiger charge is 2.46. The van der Waals surface area contributed by atoms with Gasteiger partial charge in [-0.1, -0.05) is 29.3 Å². The number of halogens is 2. The Bertz CT molecular complexity index is 837. The van der Waals surface area contributed by atoms with E-state index in [1.807, 2.05) is 18.2 Å². The molecule has 0 atom stereocenters. The molecule has 0 spiro atoms. The van der Waals surface area contributed by atoms with Crippen LogP contribution in [-0.4, -0.2) is 19.2 Å². The molecule has 0 aromatic heterocycles. The largest absolute Gasteiger partial charge is 0.486 e. The van der Waals surface area contributed by atoms with Gasteiger partial charge in [-0.25, -0.2) is 4.79 Å². The highest BCUT2D eigenvalue weighted by Crippen LogP contribution is 2.48. The Morgan fingerprint density at radius 3 is 2.48 bits per heavy atom. The normalized spacial score (nSPS) is 16.9. The fourth-order valence-corrected chi connectivity index (χ4v) is 3.37. The lowest BCUT2D eigenvalue weighted by molar-refractivity contribution is 0.171. The van der Waals surface area contributed by atoms with E-state index in [1.54, 1.807) is 18.2 Å². The van der Waals surface area contributed by atoms with Gasteiger partial charge in [-0.15, -0.1) is 0 Å². The third kappa shape index (κ3) is 3.34. The Morgan fingerprint density at radius 2 is 1.76 bits per heavy atom. The van der Waals surface area contributed by atoms with Crippen LogP contribution < -0.4 is 20.1 Å². The Hall–Kier alpha value is -2.11. The van der Waals surface area contributed by atoms with E-state index in [0.29, 0.717) is 28.9 Å². The molecule has 1 aliphatic heterocycles. The SMILES string of the molecule is O=C(Nc1ccc(Cl)cc1Cl)NC1(c2ccc3c(c2)OCCO3)CC1. The summed E-state index contributed by atoms with van der Waals surface area (Å²) in [4.78, 5) is 12.4. The standard InChI is InChI=1S/C18H16Cl2N2O3/c19-12-2-3-14(13(20)10-12)21-17(23)22-18(5-6-18)11-1-4-15-16(9-11)25-8-7-24-15/h1-4,9-10H,5-8H2,(H2,21,22,23). The number of benzene rings is 2. The number of urea groups is 1. The van der Waals surface area contributed by atoms with Crippen molar-refractivity contribution >= 4 is 34.9 Å². The first-order chi connectivity index (χ1) is 12.1. The molecule has 2 aromatic rings. The molecule has 2 aromatic carbocycles. The van der Waals surface area contributed by atoms with Crippen molar-refractivity contribution in [1.29, 1.82) is 0 Å². The van der Waals surface area contributed by atoms with Gasteiger partial charge in [0, 0.05) is 5.02 Å². The molecule has 1 heterocycles. The minimum atomic E-state index is -0.376. The first kappa shape index (κ1) is 16.4. The number of amides is 2. The number of nitrogens with one attached hydrogen (secondary N) is 2. The minimum absolute atomic E-state index is 0.309. The van der Waals surface area contributed by atoms with Crippen LogP contribution in [0, 0.1) is 0 Å². The molecule has 1 fully saturated rings. The Balaban J connectivity index is 1.49. The predicted molar refractivity (Wildman–Crippen MR) is 97.0 cm³/mol. The average Bonchev–Trinajstić information content (AvgIpc) is 3.37. The number of carbonyl (C=O) groups excluding carboxylic acids is 1. The molecule has 25 heavy (non-hydrogen) atoms. The molecule has 5 nitrogen and oxygen atoms in total. The van der Waals surface area contributed by atoms with Crippen LogP contribution in [0.25, 0.3) is 0 Å². The predicted octanol–water partition coefficient (Wildman–Crippen LogP) is 4.58. The number of carbonyl (C=O) groups is 1. The highest BCUT2D eigenvalue weighted by molar-refractivity contribution is 6.36. The Morgan fingerprint density at radius 1 is 1.00 bits per heavy atom. The fourth-order valence-electron chi connectivity index (χ4n) is 2.91. The van der Waals surface area contributed by atoms with Gasteiger partial charge in [-0.3, -0.25) is 0 Å². The zero-order chi connectivity index (χ0) is 17.4. The van der Waals surface area contributed by atoms with Crippen molar-refractivity contribution in [3.8, 4) is 11.5 Å².